The van der Waals surface area contributed by atoms with Crippen LogP contribution >= 0.6 is 0 Å². The van der Waals surface area contributed by atoms with Crippen LogP contribution in [0.25, 0.3) is 5.69 Å². The first-order valence-corrected chi connectivity index (χ1v) is 12.4. The van der Waals surface area contributed by atoms with Crippen molar-refractivity contribution in [1.29, 1.82) is 0 Å². The Morgan fingerprint density at radius 1 is 1.09 bits per heavy atom. The number of rotatable bonds is 9. The lowest BCUT2D eigenvalue weighted by Crippen LogP contribution is -2.32. The van der Waals surface area contributed by atoms with Crippen LogP contribution in [-0.4, -0.2) is 36.7 Å². The second kappa shape index (κ2) is 9.99. The molecule has 0 aliphatic carbocycles. The van der Waals surface area contributed by atoms with Gasteiger partial charge in [0.25, 0.3) is 0 Å². The van der Waals surface area contributed by atoms with E-state index in [1.165, 1.54) is 10.6 Å². The van der Waals surface area contributed by atoms with Gasteiger partial charge in [-0.2, -0.15) is 0 Å². The molecule has 0 saturated carbocycles. The van der Waals surface area contributed by atoms with Crippen molar-refractivity contribution in [3.63, 3.8) is 0 Å². The maximum Gasteiger partial charge on any atom is 0.232 e. The first-order chi connectivity index (χ1) is 15.1. The van der Waals surface area contributed by atoms with Gasteiger partial charge in [-0.05, 0) is 62.1 Å². The van der Waals surface area contributed by atoms with Crippen molar-refractivity contribution >= 4 is 21.6 Å². The zero-order valence-corrected chi connectivity index (χ0v) is 19.8. The highest BCUT2D eigenvalue weighted by molar-refractivity contribution is 7.92. The Morgan fingerprint density at radius 3 is 2.41 bits per heavy atom. The fourth-order valence-corrected chi connectivity index (χ4v) is 4.72. The lowest BCUT2D eigenvalue weighted by atomic mass is 10.1. The molecule has 32 heavy (non-hydrogen) atoms. The summed E-state index contributed by atoms with van der Waals surface area (Å²) in [7, 11) is -3.45. The van der Waals surface area contributed by atoms with Gasteiger partial charge in [-0.15, -0.1) is 0 Å². The first-order valence-electron chi connectivity index (χ1n) is 10.6. The number of nitrogens with one attached hydrogen (secondary N) is 1. The number of hydrogen-bond donors (Lipinski definition) is 1. The molecule has 0 atom stereocenters. The quantitative estimate of drug-likeness (QED) is 0.535. The van der Waals surface area contributed by atoms with Crippen molar-refractivity contribution in [2.75, 3.05) is 17.1 Å². The number of nitrogens with zero attached hydrogens (tertiary/aromatic N) is 3. The predicted octanol–water partition coefficient (Wildman–Crippen LogP) is 3.66. The van der Waals surface area contributed by atoms with E-state index in [9.17, 15) is 13.2 Å². The molecule has 0 radical (unpaired) electrons. The smallest absolute Gasteiger partial charge is 0.232 e. The Kier molecular flexibility index (Phi) is 7.35. The Labute approximate surface area is 190 Å². The molecule has 3 aromatic rings. The van der Waals surface area contributed by atoms with E-state index in [-0.39, 0.29) is 18.9 Å². The normalized spacial score (nSPS) is 11.4. The number of hydrogen-bond acceptors (Lipinski definition) is 4. The summed E-state index contributed by atoms with van der Waals surface area (Å²) in [5.41, 5.74) is 4.59. The van der Waals surface area contributed by atoms with Crippen LogP contribution in [0.4, 0.5) is 5.69 Å². The van der Waals surface area contributed by atoms with Crippen molar-refractivity contribution in [2.45, 2.75) is 40.2 Å². The zero-order valence-electron chi connectivity index (χ0n) is 19.0. The summed E-state index contributed by atoms with van der Waals surface area (Å²) >= 11 is 0. The summed E-state index contributed by atoms with van der Waals surface area (Å²) in [6, 6.07) is 13.6. The number of sulfonamides is 1. The van der Waals surface area contributed by atoms with E-state index >= 15 is 0 Å². The van der Waals surface area contributed by atoms with Gasteiger partial charge < -0.3 is 9.88 Å². The second-order valence-electron chi connectivity index (χ2n) is 8.03. The minimum atomic E-state index is -3.45. The molecule has 0 aliphatic rings. The topological polar surface area (TPSA) is 84.3 Å². The van der Waals surface area contributed by atoms with E-state index in [0.29, 0.717) is 18.7 Å². The van der Waals surface area contributed by atoms with Crippen molar-refractivity contribution in [3.05, 3.63) is 77.4 Å². The molecule has 0 aliphatic heterocycles. The van der Waals surface area contributed by atoms with Crippen LogP contribution in [0.1, 0.15) is 35.4 Å². The Morgan fingerprint density at radius 2 is 1.78 bits per heavy atom. The molecule has 7 nitrogen and oxygen atoms in total. The fraction of sp³-hybridized carbons (Fsp3) is 0.333. The lowest BCUT2D eigenvalue weighted by Gasteiger charge is -2.23. The Balaban J connectivity index is 1.60. The van der Waals surface area contributed by atoms with Crippen LogP contribution in [0.15, 0.2) is 54.9 Å². The molecule has 0 spiro atoms. The summed E-state index contributed by atoms with van der Waals surface area (Å²) in [6.45, 7) is 6.44. The number of carbonyl (C=O) groups is 1. The number of aromatic nitrogens is 2. The average Bonchev–Trinajstić information content (AvgIpc) is 3.14. The maximum atomic E-state index is 12.5. The van der Waals surface area contributed by atoms with E-state index in [0.717, 1.165) is 28.2 Å². The molecule has 1 heterocycles. The van der Waals surface area contributed by atoms with Crippen LogP contribution < -0.4 is 9.62 Å². The summed E-state index contributed by atoms with van der Waals surface area (Å²) in [5.74, 6) is 0.757. The molecule has 1 amide bonds. The highest BCUT2D eigenvalue weighted by Crippen LogP contribution is 2.22. The molecule has 0 bridgehead atoms. The van der Waals surface area contributed by atoms with Crippen LogP contribution in [0.3, 0.4) is 0 Å². The zero-order chi connectivity index (χ0) is 23.3. The summed E-state index contributed by atoms with van der Waals surface area (Å²) < 4.78 is 28.0. The maximum absolute atomic E-state index is 12.5. The van der Waals surface area contributed by atoms with Crippen molar-refractivity contribution < 1.29 is 13.2 Å². The standard InChI is InChI=1S/C24H30N4O3S/c1-18-14-19(2)16-22(15-18)28(32(4,30)31)12-7-10-24(29)26-17-21-8-5-6-9-23(21)27-13-11-25-20(27)3/h5-6,8-9,11,13-16H,7,10,12,17H2,1-4H3,(H,26,29). The van der Waals surface area contributed by atoms with Gasteiger partial charge in [0.15, 0.2) is 0 Å². The minimum absolute atomic E-state index is 0.115. The van der Waals surface area contributed by atoms with Crippen molar-refractivity contribution in [1.82, 2.24) is 14.9 Å². The molecule has 170 valence electrons. The molecule has 3 rings (SSSR count). The molecule has 1 aromatic heterocycles. The monoisotopic (exact) mass is 454 g/mol. The number of para-hydroxylation sites is 1. The van der Waals surface area contributed by atoms with E-state index in [4.69, 9.17) is 0 Å². The molecule has 8 heteroatoms. The highest BCUT2D eigenvalue weighted by atomic mass is 32.2. The Hall–Kier alpha value is -3.13. The molecular weight excluding hydrogens is 424 g/mol. The van der Waals surface area contributed by atoms with E-state index in [2.05, 4.69) is 10.3 Å². The van der Waals surface area contributed by atoms with Gasteiger partial charge in [0.1, 0.15) is 5.82 Å². The molecule has 0 fully saturated rings. The number of carbonyl (C=O) groups excluding carboxylic acids is 1. The van der Waals surface area contributed by atoms with Gasteiger partial charge >= 0.3 is 0 Å². The first kappa shape index (κ1) is 23.5. The Bertz CT molecular complexity index is 1180. The third-order valence-electron chi connectivity index (χ3n) is 5.21. The molecule has 0 saturated heterocycles. The number of amides is 1. The molecular formula is C24H30N4O3S. The largest absolute Gasteiger partial charge is 0.352 e. The summed E-state index contributed by atoms with van der Waals surface area (Å²) in [5, 5.41) is 2.95. The molecule has 0 unspecified atom stereocenters. The van der Waals surface area contributed by atoms with Gasteiger partial charge in [-0.25, -0.2) is 13.4 Å². The van der Waals surface area contributed by atoms with Gasteiger partial charge in [0, 0.05) is 31.9 Å². The highest BCUT2D eigenvalue weighted by Gasteiger charge is 2.18. The third kappa shape index (κ3) is 5.97. The summed E-state index contributed by atoms with van der Waals surface area (Å²) in [6.07, 6.45) is 5.49. The number of aryl methyl sites for hydroxylation is 3. The van der Waals surface area contributed by atoms with Crippen LogP contribution in [0.2, 0.25) is 0 Å². The summed E-state index contributed by atoms with van der Waals surface area (Å²) in [4.78, 5) is 16.7. The predicted molar refractivity (Wildman–Crippen MR) is 127 cm³/mol. The van der Waals surface area contributed by atoms with Crippen LogP contribution in [0.5, 0.6) is 0 Å². The van der Waals surface area contributed by atoms with E-state index < -0.39 is 10.0 Å². The van der Waals surface area contributed by atoms with Gasteiger partial charge in [-0.3, -0.25) is 9.10 Å². The second-order valence-corrected chi connectivity index (χ2v) is 9.94. The number of anilines is 1. The van der Waals surface area contributed by atoms with Crippen LogP contribution in [-0.2, 0) is 21.4 Å². The number of imidazole rings is 1. The third-order valence-corrected chi connectivity index (χ3v) is 6.41. The van der Waals surface area contributed by atoms with E-state index in [1.807, 2.05) is 74.0 Å². The average molecular weight is 455 g/mol. The molecule has 2 aromatic carbocycles. The fourth-order valence-electron chi connectivity index (χ4n) is 3.77. The minimum Gasteiger partial charge on any atom is -0.352 e. The van der Waals surface area contributed by atoms with Crippen molar-refractivity contribution in [3.8, 4) is 5.69 Å². The van der Waals surface area contributed by atoms with Crippen LogP contribution in [0, 0.1) is 20.8 Å². The SMILES string of the molecule is Cc1cc(C)cc(N(CCCC(=O)NCc2ccccc2-n2ccnc2C)S(C)(=O)=O)c1. The van der Waals surface area contributed by atoms with Gasteiger partial charge in [0.05, 0.1) is 17.6 Å². The number of benzene rings is 2. The van der Waals surface area contributed by atoms with Gasteiger partial charge in [-0.1, -0.05) is 24.3 Å². The van der Waals surface area contributed by atoms with Gasteiger partial charge in [0.2, 0.25) is 15.9 Å². The van der Waals surface area contributed by atoms with Crippen molar-refractivity contribution in [2.24, 2.45) is 0 Å². The lowest BCUT2D eigenvalue weighted by molar-refractivity contribution is -0.121. The molecule has 1 N–H and O–H groups in total. The van der Waals surface area contributed by atoms with E-state index in [1.54, 1.807) is 6.20 Å².